The molecule has 6 nitrogen and oxygen atoms in total. The van der Waals surface area contributed by atoms with Crippen LogP contribution in [0.4, 0.5) is 0 Å². The minimum atomic E-state index is -3.87. The van der Waals surface area contributed by atoms with E-state index < -0.39 is 9.84 Å². The number of benzene rings is 2. The SMILES string of the molecule is CSc1sc(C(=N)N)cc1S(=O)(=O)c1cccc(-c2cc(C=O)ccc2O)c1. The molecule has 9 heteroatoms. The lowest BCUT2D eigenvalue weighted by atomic mass is 10.0. The van der Waals surface area contributed by atoms with Crippen LogP contribution < -0.4 is 5.73 Å². The van der Waals surface area contributed by atoms with Gasteiger partial charge in [0.05, 0.1) is 18.9 Å². The molecule has 3 rings (SSSR count). The Kier molecular flexibility index (Phi) is 5.59. The van der Waals surface area contributed by atoms with Crippen LogP contribution in [0.5, 0.6) is 5.75 Å². The van der Waals surface area contributed by atoms with E-state index in [0.29, 0.717) is 32.1 Å². The first kappa shape index (κ1) is 20.1. The average molecular weight is 433 g/mol. The number of phenols is 1. The minimum Gasteiger partial charge on any atom is -0.507 e. The Morgan fingerprint density at radius 2 is 1.96 bits per heavy atom. The lowest BCUT2D eigenvalue weighted by Gasteiger charge is -2.09. The van der Waals surface area contributed by atoms with Crippen LogP contribution in [0.25, 0.3) is 11.1 Å². The van der Waals surface area contributed by atoms with Crippen LogP contribution >= 0.6 is 23.1 Å². The van der Waals surface area contributed by atoms with Gasteiger partial charge in [-0.15, -0.1) is 23.1 Å². The van der Waals surface area contributed by atoms with Gasteiger partial charge in [0.25, 0.3) is 0 Å². The highest BCUT2D eigenvalue weighted by Gasteiger charge is 2.25. The highest BCUT2D eigenvalue weighted by atomic mass is 32.2. The Morgan fingerprint density at radius 3 is 2.61 bits per heavy atom. The summed E-state index contributed by atoms with van der Waals surface area (Å²) in [6.45, 7) is 0. The predicted octanol–water partition coefficient (Wildman–Crippen LogP) is 3.77. The molecule has 1 heterocycles. The Bertz CT molecular complexity index is 1180. The van der Waals surface area contributed by atoms with Gasteiger partial charge in [-0.05, 0) is 48.2 Å². The second-order valence-corrected chi connectivity index (χ2v) is 9.85. The number of aldehydes is 1. The number of hydrogen-bond acceptors (Lipinski definition) is 7. The van der Waals surface area contributed by atoms with Crippen LogP contribution in [0.1, 0.15) is 15.2 Å². The molecule has 2 aromatic carbocycles. The molecule has 0 aliphatic carbocycles. The maximum absolute atomic E-state index is 13.2. The highest BCUT2D eigenvalue weighted by Crippen LogP contribution is 2.38. The second-order valence-electron chi connectivity index (χ2n) is 5.81. The van der Waals surface area contributed by atoms with E-state index in [1.807, 2.05) is 0 Å². The van der Waals surface area contributed by atoms with Crippen LogP contribution in [0.2, 0.25) is 0 Å². The first-order chi connectivity index (χ1) is 13.3. The molecule has 3 aromatic rings. The number of nitrogens with one attached hydrogen (secondary N) is 1. The first-order valence-corrected chi connectivity index (χ1v) is 11.5. The topological polar surface area (TPSA) is 121 Å². The third-order valence-corrected chi connectivity index (χ3v) is 8.36. The van der Waals surface area contributed by atoms with Crippen LogP contribution in [0.15, 0.2) is 62.5 Å². The van der Waals surface area contributed by atoms with Crippen LogP contribution in [0.3, 0.4) is 0 Å². The summed E-state index contributed by atoms with van der Waals surface area (Å²) in [7, 11) is -3.87. The second kappa shape index (κ2) is 7.78. The van der Waals surface area contributed by atoms with Crippen molar-refractivity contribution in [3.05, 3.63) is 59.0 Å². The third kappa shape index (κ3) is 3.68. The lowest BCUT2D eigenvalue weighted by molar-refractivity contribution is 0.112. The van der Waals surface area contributed by atoms with E-state index in [4.69, 9.17) is 11.1 Å². The molecule has 0 spiro atoms. The first-order valence-electron chi connectivity index (χ1n) is 7.94. The molecule has 0 saturated heterocycles. The van der Waals surface area contributed by atoms with Gasteiger partial charge in [-0.2, -0.15) is 0 Å². The smallest absolute Gasteiger partial charge is 0.208 e. The molecule has 0 amide bonds. The monoisotopic (exact) mass is 432 g/mol. The van der Waals surface area contributed by atoms with E-state index in [1.165, 1.54) is 48.2 Å². The van der Waals surface area contributed by atoms with Crippen molar-refractivity contribution in [2.24, 2.45) is 5.73 Å². The Balaban J connectivity index is 2.14. The third-order valence-electron chi connectivity index (χ3n) is 4.02. The van der Waals surface area contributed by atoms with Gasteiger partial charge >= 0.3 is 0 Å². The largest absolute Gasteiger partial charge is 0.507 e. The molecule has 28 heavy (non-hydrogen) atoms. The fourth-order valence-corrected chi connectivity index (χ4v) is 6.54. The number of rotatable bonds is 6. The maximum atomic E-state index is 13.2. The summed E-state index contributed by atoms with van der Waals surface area (Å²) in [6, 6.07) is 11.9. The fraction of sp³-hybridized carbons (Fsp3) is 0.0526. The van der Waals surface area contributed by atoms with Crippen LogP contribution in [0, 0.1) is 5.41 Å². The number of aromatic hydroxyl groups is 1. The minimum absolute atomic E-state index is 0.0455. The van der Waals surface area contributed by atoms with Gasteiger partial charge < -0.3 is 10.8 Å². The molecule has 0 aliphatic rings. The summed E-state index contributed by atoms with van der Waals surface area (Å²) in [5.41, 5.74) is 6.71. The zero-order valence-corrected chi connectivity index (χ0v) is 17.1. The summed E-state index contributed by atoms with van der Waals surface area (Å²) in [6.07, 6.45) is 2.41. The summed E-state index contributed by atoms with van der Waals surface area (Å²) >= 11 is 2.42. The van der Waals surface area contributed by atoms with Crippen molar-refractivity contribution in [3.63, 3.8) is 0 Å². The number of nitrogen functional groups attached to an aromatic ring is 1. The standard InChI is InChI=1S/C19H16N2O4S3/c1-26-19-17(9-16(27-19)18(20)21)28(24,25)13-4-2-3-12(8-13)14-7-11(10-22)5-6-15(14)23/h2-10,23H,1H3,(H3,20,21). The molecular weight excluding hydrogens is 416 g/mol. The maximum Gasteiger partial charge on any atom is 0.208 e. The zero-order chi connectivity index (χ0) is 20.5. The van der Waals surface area contributed by atoms with E-state index >= 15 is 0 Å². The highest BCUT2D eigenvalue weighted by molar-refractivity contribution is 8.01. The van der Waals surface area contributed by atoms with Gasteiger partial charge in [0.2, 0.25) is 9.84 Å². The zero-order valence-electron chi connectivity index (χ0n) is 14.7. The van der Waals surface area contributed by atoms with Gasteiger partial charge in [0.15, 0.2) is 0 Å². The number of thiophene rings is 1. The normalized spacial score (nSPS) is 11.3. The number of sulfone groups is 1. The number of hydrogen-bond donors (Lipinski definition) is 3. The Morgan fingerprint density at radius 1 is 1.21 bits per heavy atom. The molecule has 0 unspecified atom stereocenters. The van der Waals surface area contributed by atoms with Crippen molar-refractivity contribution in [2.75, 3.05) is 6.26 Å². The van der Waals surface area contributed by atoms with E-state index in [0.717, 1.165) is 11.3 Å². The average Bonchev–Trinajstić information content (AvgIpc) is 3.14. The van der Waals surface area contributed by atoms with Crippen molar-refractivity contribution in [1.82, 2.24) is 0 Å². The van der Waals surface area contributed by atoms with E-state index in [2.05, 4.69) is 0 Å². The summed E-state index contributed by atoms with van der Waals surface area (Å²) in [5.74, 6) is -0.245. The van der Waals surface area contributed by atoms with E-state index in [9.17, 15) is 18.3 Å². The van der Waals surface area contributed by atoms with Crippen molar-refractivity contribution in [2.45, 2.75) is 14.0 Å². The van der Waals surface area contributed by atoms with Crippen molar-refractivity contribution in [1.29, 1.82) is 5.41 Å². The van der Waals surface area contributed by atoms with Crippen LogP contribution in [-0.2, 0) is 9.84 Å². The number of carbonyl (C=O) groups excluding carboxylic acids is 1. The fourth-order valence-electron chi connectivity index (χ4n) is 2.64. The number of thioether (sulfide) groups is 1. The number of carbonyl (C=O) groups is 1. The van der Waals surface area contributed by atoms with Crippen molar-refractivity contribution < 1.29 is 18.3 Å². The molecule has 1 aromatic heterocycles. The van der Waals surface area contributed by atoms with Crippen molar-refractivity contribution >= 4 is 45.1 Å². The van der Waals surface area contributed by atoms with Gasteiger partial charge in [-0.1, -0.05) is 12.1 Å². The molecule has 0 bridgehead atoms. The summed E-state index contributed by atoms with van der Waals surface area (Å²) < 4.78 is 27.0. The molecular formula is C19H16N2O4S3. The van der Waals surface area contributed by atoms with Gasteiger partial charge in [0.1, 0.15) is 17.9 Å². The van der Waals surface area contributed by atoms with E-state index in [-0.39, 0.29) is 21.4 Å². The number of phenolic OH excluding ortho intramolecular Hbond substituents is 1. The molecule has 0 atom stereocenters. The predicted molar refractivity (Wildman–Crippen MR) is 111 cm³/mol. The Labute approximate surface area is 170 Å². The Hall–Kier alpha value is -2.62. The molecule has 0 saturated carbocycles. The van der Waals surface area contributed by atoms with Crippen molar-refractivity contribution in [3.8, 4) is 16.9 Å². The van der Waals surface area contributed by atoms with Gasteiger partial charge in [-0.3, -0.25) is 10.2 Å². The molecule has 0 fully saturated rings. The molecule has 144 valence electrons. The summed E-state index contributed by atoms with van der Waals surface area (Å²) in [4.78, 5) is 11.6. The number of amidine groups is 1. The van der Waals surface area contributed by atoms with E-state index in [1.54, 1.807) is 18.4 Å². The van der Waals surface area contributed by atoms with Crippen LogP contribution in [-0.4, -0.2) is 31.9 Å². The van der Waals surface area contributed by atoms with Gasteiger partial charge in [0, 0.05) is 11.1 Å². The van der Waals surface area contributed by atoms with Gasteiger partial charge in [-0.25, -0.2) is 8.42 Å². The summed E-state index contributed by atoms with van der Waals surface area (Å²) in [5, 5.41) is 17.7. The molecule has 0 aliphatic heterocycles. The molecule has 0 radical (unpaired) electrons. The quantitative estimate of drug-likeness (QED) is 0.236. The lowest BCUT2D eigenvalue weighted by Crippen LogP contribution is -2.08. The number of nitrogens with two attached hydrogens (primary N) is 1. The molecule has 4 N–H and O–H groups in total.